The molecular formula is C18H26N4O2S. The summed E-state index contributed by atoms with van der Waals surface area (Å²) in [7, 11) is 0. The van der Waals surface area contributed by atoms with Gasteiger partial charge in [0.05, 0.1) is 19.4 Å². The number of H-pyrrole nitrogens is 1. The monoisotopic (exact) mass is 362 g/mol. The zero-order valence-corrected chi connectivity index (χ0v) is 16.1. The maximum absolute atomic E-state index is 5.71. The fourth-order valence-corrected chi connectivity index (χ4v) is 2.80. The number of nitrogens with zero attached hydrogens (tertiary/aromatic N) is 3. The van der Waals surface area contributed by atoms with E-state index in [2.05, 4.69) is 29.1 Å². The normalized spacial score (nSPS) is 11.4. The van der Waals surface area contributed by atoms with Crippen molar-refractivity contribution in [3.63, 3.8) is 0 Å². The molecule has 1 aromatic heterocycles. The van der Waals surface area contributed by atoms with Crippen molar-refractivity contribution in [2.45, 2.75) is 46.5 Å². The topological polar surface area (TPSA) is 64.4 Å². The second-order valence-corrected chi connectivity index (χ2v) is 5.91. The highest BCUT2D eigenvalue weighted by Gasteiger charge is 2.15. The Morgan fingerprint density at radius 1 is 1.20 bits per heavy atom. The Balaban J connectivity index is 2.36. The van der Waals surface area contributed by atoms with E-state index in [4.69, 9.17) is 21.7 Å². The minimum Gasteiger partial charge on any atom is -0.494 e. The van der Waals surface area contributed by atoms with Gasteiger partial charge in [0.15, 0.2) is 5.82 Å². The Bertz CT molecular complexity index is 763. The third-order valence-corrected chi connectivity index (χ3v) is 4.20. The molecule has 2 rings (SSSR count). The molecule has 1 N–H and O–H groups in total. The molecule has 0 aliphatic rings. The van der Waals surface area contributed by atoms with Crippen molar-refractivity contribution in [1.82, 2.24) is 14.9 Å². The van der Waals surface area contributed by atoms with Gasteiger partial charge in [0.2, 0.25) is 4.77 Å². The molecule has 7 heteroatoms. The summed E-state index contributed by atoms with van der Waals surface area (Å²) in [6, 6.07) is 5.72. The number of hydrogen-bond donors (Lipinski definition) is 1. The van der Waals surface area contributed by atoms with Crippen LogP contribution in [0.5, 0.6) is 11.5 Å². The summed E-state index contributed by atoms with van der Waals surface area (Å²) in [6.07, 6.45) is 3.72. The average Bonchev–Trinajstić information content (AvgIpc) is 2.97. The van der Waals surface area contributed by atoms with Crippen LogP contribution >= 0.6 is 12.2 Å². The first-order valence-electron chi connectivity index (χ1n) is 8.75. The summed E-state index contributed by atoms with van der Waals surface area (Å²) in [4.78, 5) is 0. The van der Waals surface area contributed by atoms with Gasteiger partial charge in [0, 0.05) is 17.5 Å². The number of aromatic amines is 1. The van der Waals surface area contributed by atoms with Crippen LogP contribution in [-0.2, 0) is 0 Å². The largest absolute Gasteiger partial charge is 0.494 e. The van der Waals surface area contributed by atoms with Gasteiger partial charge in [-0.05, 0) is 51.0 Å². The molecule has 0 saturated heterocycles. The molecule has 0 atom stereocenters. The summed E-state index contributed by atoms with van der Waals surface area (Å²) >= 11 is 5.32. The number of ether oxygens (including phenoxy) is 2. The van der Waals surface area contributed by atoms with Gasteiger partial charge in [0.25, 0.3) is 0 Å². The minimum atomic E-state index is 0.316. The quantitative estimate of drug-likeness (QED) is 0.526. The van der Waals surface area contributed by atoms with E-state index < -0.39 is 0 Å². The van der Waals surface area contributed by atoms with Gasteiger partial charge in [-0.15, -0.1) is 0 Å². The molecule has 0 saturated carbocycles. The number of rotatable bonds is 9. The van der Waals surface area contributed by atoms with Crippen molar-refractivity contribution in [2.24, 2.45) is 5.10 Å². The Hall–Kier alpha value is -2.15. The molecule has 25 heavy (non-hydrogen) atoms. The van der Waals surface area contributed by atoms with Crippen LogP contribution in [0.25, 0.3) is 0 Å². The van der Waals surface area contributed by atoms with E-state index in [0.29, 0.717) is 23.9 Å². The fraction of sp³-hybridized carbons (Fsp3) is 0.500. The van der Waals surface area contributed by atoms with Gasteiger partial charge >= 0.3 is 0 Å². The highest BCUT2D eigenvalue weighted by atomic mass is 32.1. The van der Waals surface area contributed by atoms with Gasteiger partial charge in [-0.3, -0.25) is 5.10 Å². The molecule has 1 aromatic carbocycles. The lowest BCUT2D eigenvalue weighted by molar-refractivity contribution is 0.323. The smallest absolute Gasteiger partial charge is 0.216 e. The summed E-state index contributed by atoms with van der Waals surface area (Å²) in [5, 5.41) is 11.7. The fourth-order valence-electron chi connectivity index (χ4n) is 2.61. The van der Waals surface area contributed by atoms with E-state index in [1.807, 2.05) is 32.0 Å². The van der Waals surface area contributed by atoms with Crippen LogP contribution < -0.4 is 9.47 Å². The van der Waals surface area contributed by atoms with E-state index in [9.17, 15) is 0 Å². The minimum absolute atomic E-state index is 0.316. The van der Waals surface area contributed by atoms with Crippen LogP contribution in [0.1, 0.15) is 57.8 Å². The summed E-state index contributed by atoms with van der Waals surface area (Å²) < 4.78 is 13.4. The number of nitrogens with one attached hydrogen (secondary N) is 1. The van der Waals surface area contributed by atoms with Crippen molar-refractivity contribution in [3.8, 4) is 11.5 Å². The second-order valence-electron chi connectivity index (χ2n) is 5.52. The Kier molecular flexibility index (Phi) is 7.18. The van der Waals surface area contributed by atoms with Crippen molar-refractivity contribution in [1.29, 1.82) is 0 Å². The Morgan fingerprint density at radius 2 is 1.92 bits per heavy atom. The van der Waals surface area contributed by atoms with Gasteiger partial charge in [-0.2, -0.15) is 14.9 Å². The summed E-state index contributed by atoms with van der Waals surface area (Å²) in [5.41, 5.74) is 0.865. The van der Waals surface area contributed by atoms with Crippen molar-refractivity contribution in [2.75, 3.05) is 13.2 Å². The molecular weight excluding hydrogens is 336 g/mol. The van der Waals surface area contributed by atoms with Crippen LogP contribution in [0.2, 0.25) is 0 Å². The predicted octanol–water partition coefficient (Wildman–Crippen LogP) is 4.52. The van der Waals surface area contributed by atoms with E-state index in [1.165, 1.54) is 0 Å². The lowest BCUT2D eigenvalue weighted by Gasteiger charge is -2.11. The van der Waals surface area contributed by atoms with Crippen molar-refractivity contribution >= 4 is 18.4 Å². The van der Waals surface area contributed by atoms with Gasteiger partial charge in [-0.1, -0.05) is 13.8 Å². The number of hydrogen-bond acceptors (Lipinski definition) is 5. The molecule has 0 bridgehead atoms. The molecule has 0 spiro atoms. The third kappa shape index (κ3) is 4.69. The lowest BCUT2D eigenvalue weighted by atomic mass is 10.0. The molecule has 0 radical (unpaired) electrons. The van der Waals surface area contributed by atoms with Crippen LogP contribution in [0.4, 0.5) is 0 Å². The second kappa shape index (κ2) is 9.36. The van der Waals surface area contributed by atoms with Crippen LogP contribution in [0.3, 0.4) is 0 Å². The van der Waals surface area contributed by atoms with Crippen LogP contribution in [0.15, 0.2) is 23.3 Å². The number of benzene rings is 1. The maximum atomic E-state index is 5.71. The molecule has 1 heterocycles. The molecule has 0 unspecified atom stereocenters. The maximum Gasteiger partial charge on any atom is 0.216 e. The summed E-state index contributed by atoms with van der Waals surface area (Å²) in [6.45, 7) is 9.36. The van der Waals surface area contributed by atoms with Crippen molar-refractivity contribution < 1.29 is 9.47 Å². The molecule has 0 amide bonds. The predicted molar refractivity (Wildman–Crippen MR) is 103 cm³/mol. The molecule has 2 aromatic rings. The average molecular weight is 362 g/mol. The first-order valence-corrected chi connectivity index (χ1v) is 9.16. The van der Waals surface area contributed by atoms with Crippen LogP contribution in [-0.4, -0.2) is 34.3 Å². The molecule has 0 aliphatic heterocycles. The Labute approximate surface area is 153 Å². The summed E-state index contributed by atoms with van der Waals surface area (Å²) in [5.74, 6) is 2.68. The van der Waals surface area contributed by atoms with Crippen LogP contribution in [0, 0.1) is 4.77 Å². The Morgan fingerprint density at radius 3 is 2.56 bits per heavy atom. The molecule has 6 nitrogen and oxygen atoms in total. The van der Waals surface area contributed by atoms with Crippen molar-refractivity contribution in [3.05, 3.63) is 34.4 Å². The van der Waals surface area contributed by atoms with E-state index in [0.717, 1.165) is 35.7 Å². The molecule has 0 aliphatic carbocycles. The third-order valence-electron chi connectivity index (χ3n) is 3.93. The zero-order chi connectivity index (χ0) is 18.2. The molecule has 0 fully saturated rings. The first-order chi connectivity index (χ1) is 12.1. The SMILES string of the molecule is CCOc1ccc(/C=N\n2c(C(CC)CC)n[nH]c2=S)c(OCC)c1. The lowest BCUT2D eigenvalue weighted by Crippen LogP contribution is -2.05. The van der Waals surface area contributed by atoms with Gasteiger partial charge in [0.1, 0.15) is 11.5 Å². The first kappa shape index (κ1) is 19.2. The van der Waals surface area contributed by atoms with Gasteiger partial charge < -0.3 is 9.47 Å². The van der Waals surface area contributed by atoms with Gasteiger partial charge in [-0.25, -0.2) is 0 Å². The van der Waals surface area contributed by atoms with E-state index in [-0.39, 0.29) is 0 Å². The van der Waals surface area contributed by atoms with E-state index in [1.54, 1.807) is 10.9 Å². The highest BCUT2D eigenvalue weighted by molar-refractivity contribution is 7.71. The number of aromatic nitrogens is 3. The highest BCUT2D eigenvalue weighted by Crippen LogP contribution is 2.25. The van der Waals surface area contributed by atoms with E-state index >= 15 is 0 Å². The standard InChI is InChI=1S/C18H26N4O2S/c1-5-13(6-2)17-20-21-18(25)22(17)19-12-14-9-10-15(23-7-3)11-16(14)24-8-4/h9-13H,5-8H2,1-4H3,(H,21,25)/b19-12-. The molecule has 136 valence electrons. The zero-order valence-electron chi connectivity index (χ0n) is 15.3.